The zero-order chi connectivity index (χ0) is 16.8. The number of aromatic hydroxyl groups is 1. The first-order valence-corrected chi connectivity index (χ1v) is 6.65. The number of rotatable bonds is 2. The molecule has 1 aromatic carbocycles. The molecule has 0 radical (unpaired) electrons. The Labute approximate surface area is 135 Å². The van der Waals surface area contributed by atoms with Gasteiger partial charge in [0.15, 0.2) is 0 Å². The summed E-state index contributed by atoms with van der Waals surface area (Å²) in [5.74, 6) is -3.08. The number of nitrogens with one attached hydrogen (secondary N) is 3. The number of carbonyl (C=O) groups is 3. The van der Waals surface area contributed by atoms with Crippen LogP contribution in [0.1, 0.15) is 10.4 Å². The summed E-state index contributed by atoms with van der Waals surface area (Å²) in [6.45, 7) is 0. The van der Waals surface area contributed by atoms with Gasteiger partial charge >= 0.3 is 11.8 Å². The summed E-state index contributed by atoms with van der Waals surface area (Å²) in [5, 5.41) is 12.0. The molecule has 23 heavy (non-hydrogen) atoms. The molecule has 3 amide bonds. The molecule has 0 atom stereocenters. The van der Waals surface area contributed by atoms with E-state index in [1.165, 1.54) is 42.7 Å². The molecular weight excluding hydrogens is 324 g/mol. The van der Waals surface area contributed by atoms with Crippen molar-refractivity contribution in [2.75, 3.05) is 5.32 Å². The number of phenolic OH excluding ortho intramolecular Hbond substituents is 1. The molecule has 2 aromatic rings. The van der Waals surface area contributed by atoms with Crippen LogP contribution in [-0.2, 0) is 9.59 Å². The molecule has 0 spiro atoms. The molecule has 1 heterocycles. The monoisotopic (exact) mass is 334 g/mol. The van der Waals surface area contributed by atoms with Crippen molar-refractivity contribution in [1.82, 2.24) is 15.8 Å². The molecule has 0 aliphatic carbocycles. The highest BCUT2D eigenvalue weighted by Crippen LogP contribution is 2.26. The topological polar surface area (TPSA) is 120 Å². The second-order valence-electron chi connectivity index (χ2n) is 4.26. The minimum Gasteiger partial charge on any atom is -0.506 e. The average molecular weight is 335 g/mol. The predicted molar refractivity (Wildman–Crippen MR) is 81.6 cm³/mol. The van der Waals surface area contributed by atoms with Crippen LogP contribution in [0.3, 0.4) is 0 Å². The molecule has 0 saturated carbocycles. The summed E-state index contributed by atoms with van der Waals surface area (Å²) in [6.07, 6.45) is 2.82. The maximum atomic E-state index is 11.7. The van der Waals surface area contributed by atoms with Crippen molar-refractivity contribution in [3.8, 4) is 5.75 Å². The Hall–Kier alpha value is -3.13. The summed E-state index contributed by atoms with van der Waals surface area (Å²) in [7, 11) is 0. The van der Waals surface area contributed by atoms with Crippen LogP contribution < -0.4 is 16.2 Å². The molecule has 118 valence electrons. The number of nitrogens with zero attached hydrogens (tertiary/aromatic N) is 1. The highest BCUT2D eigenvalue weighted by Gasteiger charge is 2.16. The van der Waals surface area contributed by atoms with Gasteiger partial charge in [0.25, 0.3) is 5.91 Å². The number of amides is 3. The molecule has 0 unspecified atom stereocenters. The van der Waals surface area contributed by atoms with Gasteiger partial charge in [-0.15, -0.1) is 0 Å². The number of halogens is 1. The molecule has 0 aliphatic heterocycles. The first-order chi connectivity index (χ1) is 11.0. The fourth-order valence-corrected chi connectivity index (χ4v) is 1.70. The lowest BCUT2D eigenvalue weighted by molar-refractivity contribution is -0.136. The van der Waals surface area contributed by atoms with E-state index in [4.69, 9.17) is 11.6 Å². The van der Waals surface area contributed by atoms with Gasteiger partial charge in [-0.2, -0.15) is 0 Å². The van der Waals surface area contributed by atoms with Crippen LogP contribution in [0.25, 0.3) is 0 Å². The summed E-state index contributed by atoms with van der Waals surface area (Å²) in [4.78, 5) is 38.7. The van der Waals surface area contributed by atoms with E-state index in [-0.39, 0.29) is 22.0 Å². The van der Waals surface area contributed by atoms with Crippen molar-refractivity contribution in [2.45, 2.75) is 0 Å². The largest absolute Gasteiger partial charge is 0.506 e. The number of hydrogen-bond acceptors (Lipinski definition) is 5. The van der Waals surface area contributed by atoms with Gasteiger partial charge in [-0.1, -0.05) is 11.6 Å². The van der Waals surface area contributed by atoms with Crippen LogP contribution >= 0.6 is 11.6 Å². The Morgan fingerprint density at radius 1 is 1.00 bits per heavy atom. The molecule has 0 fully saturated rings. The minimum absolute atomic E-state index is 0.00927. The number of phenols is 1. The van der Waals surface area contributed by atoms with Crippen molar-refractivity contribution in [3.63, 3.8) is 0 Å². The second kappa shape index (κ2) is 7.23. The van der Waals surface area contributed by atoms with E-state index >= 15 is 0 Å². The molecule has 0 bridgehead atoms. The summed E-state index contributed by atoms with van der Waals surface area (Å²) in [5.41, 5.74) is 4.30. The third-order valence-electron chi connectivity index (χ3n) is 2.65. The van der Waals surface area contributed by atoms with E-state index in [2.05, 4.69) is 15.7 Å². The zero-order valence-corrected chi connectivity index (χ0v) is 12.3. The Morgan fingerprint density at radius 2 is 1.70 bits per heavy atom. The number of benzene rings is 1. The van der Waals surface area contributed by atoms with Gasteiger partial charge in [0.1, 0.15) is 5.75 Å². The number of hydrogen-bond donors (Lipinski definition) is 4. The highest BCUT2D eigenvalue weighted by molar-refractivity contribution is 6.40. The van der Waals surface area contributed by atoms with Crippen LogP contribution in [0.15, 0.2) is 42.7 Å². The number of aromatic nitrogens is 1. The van der Waals surface area contributed by atoms with Crippen LogP contribution in [0, 0.1) is 0 Å². The molecule has 8 nitrogen and oxygen atoms in total. The van der Waals surface area contributed by atoms with E-state index in [0.717, 1.165) is 0 Å². The second-order valence-corrected chi connectivity index (χ2v) is 4.70. The van der Waals surface area contributed by atoms with E-state index in [9.17, 15) is 19.5 Å². The number of carbonyl (C=O) groups excluding carboxylic acids is 3. The van der Waals surface area contributed by atoms with Gasteiger partial charge in [0, 0.05) is 29.0 Å². The van der Waals surface area contributed by atoms with Crippen molar-refractivity contribution in [3.05, 3.63) is 53.3 Å². The lowest BCUT2D eigenvalue weighted by Crippen LogP contribution is -2.46. The highest BCUT2D eigenvalue weighted by atomic mass is 35.5. The molecule has 2 rings (SSSR count). The molecule has 9 heteroatoms. The maximum absolute atomic E-state index is 11.7. The van der Waals surface area contributed by atoms with E-state index in [1.807, 2.05) is 5.43 Å². The number of anilines is 1. The van der Waals surface area contributed by atoms with Crippen molar-refractivity contribution >= 4 is 35.0 Å². The molecular formula is C14H11ClN4O4. The first-order valence-electron chi connectivity index (χ1n) is 6.27. The van der Waals surface area contributed by atoms with Gasteiger partial charge in [-0.3, -0.25) is 30.2 Å². The quantitative estimate of drug-likeness (QED) is 0.368. The third kappa shape index (κ3) is 4.42. The van der Waals surface area contributed by atoms with Crippen molar-refractivity contribution < 1.29 is 19.5 Å². The maximum Gasteiger partial charge on any atom is 0.328 e. The van der Waals surface area contributed by atoms with Crippen LogP contribution in [0.2, 0.25) is 5.02 Å². The van der Waals surface area contributed by atoms with Crippen LogP contribution in [0.5, 0.6) is 5.75 Å². The fraction of sp³-hybridized carbons (Fsp3) is 0. The van der Waals surface area contributed by atoms with Gasteiger partial charge in [-0.25, -0.2) is 0 Å². The molecule has 0 saturated heterocycles. The average Bonchev–Trinajstić information content (AvgIpc) is 2.55. The Bertz CT molecular complexity index is 752. The van der Waals surface area contributed by atoms with E-state index < -0.39 is 17.7 Å². The zero-order valence-electron chi connectivity index (χ0n) is 11.5. The van der Waals surface area contributed by atoms with Crippen molar-refractivity contribution in [1.29, 1.82) is 0 Å². The van der Waals surface area contributed by atoms with Crippen LogP contribution in [0.4, 0.5) is 5.69 Å². The summed E-state index contributed by atoms with van der Waals surface area (Å²) >= 11 is 5.65. The SMILES string of the molecule is O=C(NNC(=O)c1ccncc1)C(=O)Nc1ccc(Cl)cc1O. The van der Waals surface area contributed by atoms with Gasteiger partial charge in [-0.05, 0) is 24.3 Å². The normalized spacial score (nSPS) is 9.78. The van der Waals surface area contributed by atoms with E-state index in [0.29, 0.717) is 0 Å². The Morgan fingerprint density at radius 3 is 2.35 bits per heavy atom. The molecule has 0 aliphatic rings. The summed E-state index contributed by atoms with van der Waals surface area (Å²) in [6, 6.07) is 6.85. The lowest BCUT2D eigenvalue weighted by atomic mass is 10.2. The van der Waals surface area contributed by atoms with E-state index in [1.54, 1.807) is 0 Å². The molecule has 4 N–H and O–H groups in total. The standard InChI is InChI=1S/C14H11ClN4O4/c15-9-1-2-10(11(20)7-9)17-13(22)14(23)19-18-12(21)8-3-5-16-6-4-8/h1-7,20H,(H,17,22)(H,18,21)(H,19,23). The van der Waals surface area contributed by atoms with Gasteiger partial charge < -0.3 is 10.4 Å². The molecule has 1 aromatic heterocycles. The van der Waals surface area contributed by atoms with Crippen LogP contribution in [-0.4, -0.2) is 27.8 Å². The van der Waals surface area contributed by atoms with Crippen molar-refractivity contribution in [2.24, 2.45) is 0 Å². The predicted octanol–water partition coefficient (Wildman–Crippen LogP) is 0.840. The van der Waals surface area contributed by atoms with Gasteiger partial charge in [0.2, 0.25) is 0 Å². The smallest absolute Gasteiger partial charge is 0.328 e. The third-order valence-corrected chi connectivity index (χ3v) is 2.88. The van der Waals surface area contributed by atoms with Gasteiger partial charge in [0.05, 0.1) is 5.69 Å². The number of pyridine rings is 1. The first kappa shape index (κ1) is 16.2. The summed E-state index contributed by atoms with van der Waals surface area (Å²) < 4.78 is 0. The minimum atomic E-state index is -1.11. The number of hydrazine groups is 1. The fourth-order valence-electron chi connectivity index (χ4n) is 1.54. The Kier molecular flexibility index (Phi) is 5.11. The lowest BCUT2D eigenvalue weighted by Gasteiger charge is -2.09. The Balaban J connectivity index is 1.90.